The molecule has 1 aliphatic heterocycles. The van der Waals surface area contributed by atoms with E-state index in [2.05, 4.69) is 20.1 Å². The van der Waals surface area contributed by atoms with Crippen molar-refractivity contribution in [1.82, 2.24) is 20.2 Å². The molecule has 9 nitrogen and oxygen atoms in total. The molecule has 0 bridgehead atoms. The van der Waals surface area contributed by atoms with Crippen molar-refractivity contribution in [3.05, 3.63) is 41.4 Å². The number of methoxy groups -OCH3 is 1. The number of imidazole rings is 1. The molecule has 2 aromatic carbocycles. The van der Waals surface area contributed by atoms with E-state index in [4.69, 9.17) is 31.2 Å². The van der Waals surface area contributed by atoms with Gasteiger partial charge in [-0.15, -0.1) is 0 Å². The highest BCUT2D eigenvalue weighted by Crippen LogP contribution is 2.34. The van der Waals surface area contributed by atoms with Crippen LogP contribution in [-0.2, 0) is 9.59 Å². The molecule has 1 amide bonds. The van der Waals surface area contributed by atoms with E-state index in [1.54, 1.807) is 7.11 Å². The van der Waals surface area contributed by atoms with E-state index in [1.807, 2.05) is 50.5 Å². The zero-order valence-corrected chi connectivity index (χ0v) is 20.3. The highest BCUT2D eigenvalue weighted by atomic mass is 35.5. The lowest BCUT2D eigenvalue weighted by atomic mass is 10.1. The molecule has 3 N–H and O–H groups in total. The molecule has 2 heterocycles. The molecule has 3 aromatic rings. The fourth-order valence-corrected chi connectivity index (χ4v) is 4.10. The van der Waals surface area contributed by atoms with Crippen LogP contribution in [-0.4, -0.2) is 79.7 Å². The van der Waals surface area contributed by atoms with E-state index in [0.717, 1.165) is 47.5 Å². The molecule has 10 heteroatoms. The summed E-state index contributed by atoms with van der Waals surface area (Å²) in [5.74, 6) is 1.62. The average molecular weight is 488 g/mol. The number of halogens is 1. The predicted molar refractivity (Wildman–Crippen MR) is 134 cm³/mol. The second-order valence-electron chi connectivity index (χ2n) is 8.26. The van der Waals surface area contributed by atoms with Crippen LogP contribution < -0.4 is 15.0 Å². The van der Waals surface area contributed by atoms with Crippen molar-refractivity contribution in [3.63, 3.8) is 0 Å². The van der Waals surface area contributed by atoms with Crippen LogP contribution in [0, 0.1) is 5.92 Å². The molecule has 1 unspecified atom stereocenters. The molecule has 1 aliphatic rings. The summed E-state index contributed by atoms with van der Waals surface area (Å²) < 4.78 is 5.30. The monoisotopic (exact) mass is 487 g/mol. The molecule has 1 saturated heterocycles. The van der Waals surface area contributed by atoms with Gasteiger partial charge in [-0.1, -0.05) is 11.6 Å². The van der Waals surface area contributed by atoms with Crippen LogP contribution in [0.15, 0.2) is 36.4 Å². The van der Waals surface area contributed by atoms with Crippen LogP contribution in [0.5, 0.6) is 5.75 Å². The van der Waals surface area contributed by atoms with Crippen molar-refractivity contribution in [2.24, 2.45) is 5.92 Å². The number of amides is 1. The minimum absolute atomic E-state index is 0.0000407. The van der Waals surface area contributed by atoms with Gasteiger partial charge >= 0.3 is 0 Å². The highest BCUT2D eigenvalue weighted by Gasteiger charge is 2.28. The molecule has 182 valence electrons. The van der Waals surface area contributed by atoms with Gasteiger partial charge in [0.05, 0.1) is 29.1 Å². The number of anilines is 1. The van der Waals surface area contributed by atoms with Gasteiger partial charge in [0.15, 0.2) is 0 Å². The van der Waals surface area contributed by atoms with E-state index in [0.29, 0.717) is 23.9 Å². The van der Waals surface area contributed by atoms with Gasteiger partial charge < -0.3 is 29.9 Å². The molecular formula is C24H30ClN5O4. The third-order valence-corrected chi connectivity index (χ3v) is 6.01. The quantitative estimate of drug-likeness (QED) is 0.439. The first-order valence-corrected chi connectivity index (χ1v) is 11.3. The van der Waals surface area contributed by atoms with Gasteiger partial charge in [0.1, 0.15) is 11.6 Å². The lowest BCUT2D eigenvalue weighted by Gasteiger charge is -2.20. The third-order valence-electron chi connectivity index (χ3n) is 5.68. The highest BCUT2D eigenvalue weighted by molar-refractivity contribution is 6.33. The van der Waals surface area contributed by atoms with Gasteiger partial charge in [0.25, 0.3) is 6.47 Å². The first-order valence-electron chi connectivity index (χ1n) is 10.9. The molecule has 4 rings (SSSR count). The molecule has 1 atom stereocenters. The van der Waals surface area contributed by atoms with Gasteiger partial charge in [-0.2, -0.15) is 0 Å². The molecule has 34 heavy (non-hydrogen) atoms. The minimum Gasteiger partial charge on any atom is -0.497 e. The van der Waals surface area contributed by atoms with Crippen LogP contribution in [0.3, 0.4) is 0 Å². The number of H-pyrrole nitrogens is 1. The normalized spacial score (nSPS) is 15.2. The van der Waals surface area contributed by atoms with Gasteiger partial charge in [-0.25, -0.2) is 4.98 Å². The number of aromatic nitrogens is 2. The number of carbonyl (C=O) groups is 2. The first-order chi connectivity index (χ1) is 16.4. The summed E-state index contributed by atoms with van der Waals surface area (Å²) in [6, 6.07) is 11.7. The first kappa shape index (κ1) is 25.3. The second kappa shape index (κ2) is 11.7. The number of carboxylic acid groups (broad SMARTS) is 1. The summed E-state index contributed by atoms with van der Waals surface area (Å²) in [5, 5.41) is 10.6. The summed E-state index contributed by atoms with van der Waals surface area (Å²) in [6.07, 6.45) is 0.843. The number of benzene rings is 2. The maximum Gasteiger partial charge on any atom is 0.290 e. The van der Waals surface area contributed by atoms with E-state index in [9.17, 15) is 4.79 Å². The van der Waals surface area contributed by atoms with E-state index in [1.165, 1.54) is 0 Å². The fourth-order valence-electron chi connectivity index (χ4n) is 3.89. The number of hydrogen-bond donors (Lipinski definition) is 3. The van der Waals surface area contributed by atoms with E-state index >= 15 is 0 Å². The van der Waals surface area contributed by atoms with Crippen LogP contribution in [0.1, 0.15) is 6.42 Å². The number of aromatic amines is 1. The van der Waals surface area contributed by atoms with Gasteiger partial charge in [-0.05, 0) is 50.8 Å². The Kier molecular flexibility index (Phi) is 8.72. The minimum atomic E-state index is -0.250. The van der Waals surface area contributed by atoms with Gasteiger partial charge in [0, 0.05) is 43.5 Å². The summed E-state index contributed by atoms with van der Waals surface area (Å²) in [5.41, 5.74) is 3.63. The maximum absolute atomic E-state index is 12.5. The maximum atomic E-state index is 12.5. The van der Waals surface area contributed by atoms with Crippen molar-refractivity contribution < 1.29 is 19.4 Å². The van der Waals surface area contributed by atoms with Crippen LogP contribution in [0.2, 0.25) is 5.02 Å². The number of rotatable bonds is 7. The number of carbonyl (C=O) groups excluding carboxylic acids is 1. The zero-order valence-electron chi connectivity index (χ0n) is 19.5. The fraction of sp³-hybridized carbons (Fsp3) is 0.375. The number of hydrogen-bond acceptors (Lipinski definition) is 6. The van der Waals surface area contributed by atoms with E-state index in [-0.39, 0.29) is 18.3 Å². The molecule has 0 spiro atoms. The van der Waals surface area contributed by atoms with Crippen LogP contribution in [0.4, 0.5) is 5.69 Å². The topological polar surface area (TPSA) is 111 Å². The molecule has 1 fully saturated rings. The Bertz CT molecular complexity index is 1130. The number of fused-ring (bicyclic) bond motifs is 1. The Labute approximate surface area is 203 Å². The summed E-state index contributed by atoms with van der Waals surface area (Å²) in [7, 11) is 5.64. The molecular weight excluding hydrogens is 458 g/mol. The van der Waals surface area contributed by atoms with Crippen molar-refractivity contribution in [1.29, 1.82) is 0 Å². The van der Waals surface area contributed by atoms with Gasteiger partial charge in [0.2, 0.25) is 5.91 Å². The summed E-state index contributed by atoms with van der Waals surface area (Å²) >= 11 is 6.51. The van der Waals surface area contributed by atoms with Gasteiger partial charge in [-0.3, -0.25) is 9.59 Å². The number of nitrogens with zero attached hydrogens (tertiary/aromatic N) is 3. The third kappa shape index (κ3) is 6.18. The predicted octanol–water partition coefficient (Wildman–Crippen LogP) is 3.10. The Morgan fingerprint density at radius 1 is 1.35 bits per heavy atom. The van der Waals surface area contributed by atoms with E-state index < -0.39 is 0 Å². The largest absolute Gasteiger partial charge is 0.497 e. The summed E-state index contributed by atoms with van der Waals surface area (Å²) in [4.78, 5) is 33.2. The Hall–Kier alpha value is -3.30. The second-order valence-corrected chi connectivity index (χ2v) is 8.67. The van der Waals surface area contributed by atoms with Crippen LogP contribution >= 0.6 is 11.6 Å². The average Bonchev–Trinajstić information content (AvgIpc) is 3.46. The SMILES string of the molecule is COc1ccc2nc(-c3cc(N4CCC(C(=O)NCCN(C)C)C4)ccc3Cl)[nH]c2c1.O=CO. The Morgan fingerprint density at radius 2 is 2.12 bits per heavy atom. The smallest absolute Gasteiger partial charge is 0.290 e. The standard InChI is InChI=1S/C23H28ClN5O2.CH2O2/c1-28(2)11-9-25-23(30)15-8-10-29(14-15)16-4-6-19(24)18(12-16)22-26-20-7-5-17(31-3)13-21(20)27-22;2-1-3/h4-7,12-13,15H,8-11,14H2,1-3H3,(H,25,30)(H,26,27);1H,(H,2,3). The Morgan fingerprint density at radius 3 is 2.82 bits per heavy atom. The van der Waals surface area contributed by atoms with Crippen molar-refractivity contribution in [3.8, 4) is 17.1 Å². The molecule has 0 radical (unpaired) electrons. The number of nitrogens with one attached hydrogen (secondary N) is 2. The zero-order chi connectivity index (χ0) is 24.7. The number of likely N-dealkylation sites (N-methyl/N-ethyl adjacent to an activating group) is 1. The Balaban J connectivity index is 0.00000103. The molecule has 0 aliphatic carbocycles. The summed E-state index contributed by atoms with van der Waals surface area (Å²) in [6.45, 7) is 2.80. The van der Waals surface area contributed by atoms with Crippen LogP contribution in [0.25, 0.3) is 22.4 Å². The van der Waals surface area contributed by atoms with Crippen molar-refractivity contribution >= 4 is 40.7 Å². The lowest BCUT2D eigenvalue weighted by Crippen LogP contribution is -2.36. The molecule has 1 aromatic heterocycles. The lowest BCUT2D eigenvalue weighted by molar-refractivity contribution is -0.124. The van der Waals surface area contributed by atoms with Crippen molar-refractivity contribution in [2.75, 3.05) is 52.3 Å². The van der Waals surface area contributed by atoms with Crippen molar-refractivity contribution in [2.45, 2.75) is 6.42 Å². The molecule has 0 saturated carbocycles. The number of ether oxygens (including phenoxy) is 1.